The van der Waals surface area contributed by atoms with Crippen molar-refractivity contribution < 1.29 is 4.39 Å². The van der Waals surface area contributed by atoms with Gasteiger partial charge in [0.1, 0.15) is 0 Å². The average molecular weight is 364 g/mol. The molecule has 0 unspecified atom stereocenters. The molecule has 5 nitrogen and oxygen atoms in total. The van der Waals surface area contributed by atoms with Gasteiger partial charge < -0.3 is 10.2 Å². The van der Waals surface area contributed by atoms with Crippen LogP contribution in [0.3, 0.4) is 0 Å². The lowest BCUT2D eigenvalue weighted by molar-refractivity contribution is 0.322. The monoisotopic (exact) mass is 363 g/mol. The number of halogens is 2. The Morgan fingerprint density at radius 3 is 2.76 bits per heavy atom. The first-order valence-corrected chi connectivity index (χ1v) is 8.97. The number of benzene rings is 1. The topological polar surface area (TPSA) is 43.2 Å². The minimum atomic E-state index is -0.443. The molecule has 2 aliphatic heterocycles. The summed E-state index contributed by atoms with van der Waals surface area (Å²) in [7, 11) is 0. The number of hydrogen-bond donors (Lipinski definition) is 1. The van der Waals surface area contributed by atoms with Gasteiger partial charge in [0.05, 0.1) is 22.0 Å². The highest BCUT2D eigenvalue weighted by Gasteiger charge is 2.33. The molecule has 0 aromatic heterocycles. The van der Waals surface area contributed by atoms with E-state index in [1.807, 2.05) is 13.8 Å². The van der Waals surface area contributed by atoms with Gasteiger partial charge >= 0.3 is 0 Å². The van der Waals surface area contributed by atoms with E-state index in [1.165, 1.54) is 0 Å². The quantitative estimate of drug-likeness (QED) is 0.812. The number of guanidine groups is 1. The maximum atomic E-state index is 14.9. The zero-order valence-electron chi connectivity index (χ0n) is 14.8. The van der Waals surface area contributed by atoms with Crippen LogP contribution >= 0.6 is 11.6 Å². The Balaban J connectivity index is 2.24. The molecule has 25 heavy (non-hydrogen) atoms. The Labute approximate surface area is 152 Å². The number of nitrogens with one attached hydrogen (secondary N) is 1. The zero-order valence-corrected chi connectivity index (χ0v) is 15.6. The molecule has 0 bridgehead atoms. The maximum Gasteiger partial charge on any atom is 0.227 e. The molecule has 1 aromatic carbocycles. The first-order chi connectivity index (χ1) is 12.1. The van der Waals surface area contributed by atoms with Crippen LogP contribution in [0.15, 0.2) is 27.8 Å². The summed E-state index contributed by atoms with van der Waals surface area (Å²) in [5, 5.41) is 9.70. The van der Waals surface area contributed by atoms with Crippen molar-refractivity contribution in [1.82, 2.24) is 15.2 Å². The molecule has 2 heterocycles. The number of nitrogens with zero attached hydrogens (tertiary/aromatic N) is 4. The Kier molecular flexibility index (Phi) is 5.39. The lowest BCUT2D eigenvalue weighted by Gasteiger charge is -2.38. The Hall–Kier alpha value is -1.92. The second kappa shape index (κ2) is 7.54. The highest BCUT2D eigenvalue weighted by Crippen LogP contribution is 2.41. The summed E-state index contributed by atoms with van der Waals surface area (Å²) in [5.74, 6) is 0.290. The molecule has 1 N–H and O–H groups in total. The van der Waals surface area contributed by atoms with Crippen molar-refractivity contribution in [3.63, 3.8) is 0 Å². The van der Waals surface area contributed by atoms with Crippen LogP contribution in [0.4, 0.5) is 10.1 Å². The van der Waals surface area contributed by atoms with E-state index in [2.05, 4.69) is 22.2 Å². The predicted molar refractivity (Wildman–Crippen MR) is 102 cm³/mol. The zero-order chi connectivity index (χ0) is 18.0. The van der Waals surface area contributed by atoms with Gasteiger partial charge in [-0.2, -0.15) is 5.10 Å². The van der Waals surface area contributed by atoms with Crippen LogP contribution in [-0.2, 0) is 0 Å². The standard InChI is InChI=1S/C18H23ClFN5/c1-4-12(3)17-15-14(7-6-13(19)16(15)20)23-18(25(17)22-5-2)24-10-8-21-9-11-24/h5-7,21H,4,8-11H2,1-3H3/b17-12?,22-5-. The van der Waals surface area contributed by atoms with Crippen LogP contribution in [0, 0.1) is 5.82 Å². The van der Waals surface area contributed by atoms with Gasteiger partial charge in [0.25, 0.3) is 0 Å². The van der Waals surface area contributed by atoms with Crippen molar-refractivity contribution in [3.8, 4) is 0 Å². The third kappa shape index (κ3) is 3.28. The van der Waals surface area contributed by atoms with E-state index in [0.717, 1.165) is 49.8 Å². The van der Waals surface area contributed by atoms with E-state index in [9.17, 15) is 4.39 Å². The van der Waals surface area contributed by atoms with Gasteiger partial charge in [-0.3, -0.25) is 0 Å². The van der Waals surface area contributed by atoms with Crippen molar-refractivity contribution in [2.75, 3.05) is 26.2 Å². The van der Waals surface area contributed by atoms with Crippen molar-refractivity contribution in [1.29, 1.82) is 0 Å². The number of aliphatic imine (C=N–C) groups is 1. The number of hydrogen-bond acceptors (Lipinski definition) is 5. The fourth-order valence-corrected chi connectivity index (χ4v) is 3.23. The van der Waals surface area contributed by atoms with Gasteiger partial charge in [-0.05, 0) is 38.0 Å². The normalized spacial score (nSPS) is 20.0. The fourth-order valence-electron chi connectivity index (χ4n) is 3.08. The molecule has 1 saturated heterocycles. The fraction of sp³-hybridized carbons (Fsp3) is 0.444. The molecule has 0 saturated carbocycles. The number of piperazine rings is 1. The summed E-state index contributed by atoms with van der Waals surface area (Å²) >= 11 is 6.05. The summed E-state index contributed by atoms with van der Waals surface area (Å²) in [6.45, 7) is 9.33. The Morgan fingerprint density at radius 2 is 2.12 bits per heavy atom. The molecule has 0 spiro atoms. The molecule has 0 aliphatic carbocycles. The van der Waals surface area contributed by atoms with Crippen LogP contribution in [-0.4, -0.2) is 48.3 Å². The van der Waals surface area contributed by atoms with Gasteiger partial charge in [0.2, 0.25) is 5.96 Å². The summed E-state index contributed by atoms with van der Waals surface area (Å²) in [5.41, 5.74) is 2.80. The molecule has 1 aromatic rings. The first kappa shape index (κ1) is 17.9. The molecule has 0 amide bonds. The van der Waals surface area contributed by atoms with Crippen molar-refractivity contribution >= 4 is 35.2 Å². The molecular weight excluding hydrogens is 341 g/mol. The van der Waals surface area contributed by atoms with Crippen LogP contribution < -0.4 is 5.32 Å². The highest BCUT2D eigenvalue weighted by atomic mass is 35.5. The number of rotatable bonds is 2. The lowest BCUT2D eigenvalue weighted by Crippen LogP contribution is -2.51. The second-order valence-electron chi connectivity index (χ2n) is 6.07. The minimum Gasteiger partial charge on any atom is -0.338 e. The van der Waals surface area contributed by atoms with Crippen molar-refractivity contribution in [2.45, 2.75) is 27.2 Å². The summed E-state index contributed by atoms with van der Waals surface area (Å²) in [4.78, 5) is 6.91. The van der Waals surface area contributed by atoms with Gasteiger partial charge in [0.15, 0.2) is 5.82 Å². The highest BCUT2D eigenvalue weighted by molar-refractivity contribution is 6.31. The van der Waals surface area contributed by atoms with Crippen molar-refractivity contribution in [2.24, 2.45) is 10.1 Å². The van der Waals surface area contributed by atoms with Crippen LogP contribution in [0.5, 0.6) is 0 Å². The number of fused-ring (bicyclic) bond motifs is 1. The van der Waals surface area contributed by atoms with Gasteiger partial charge in [0, 0.05) is 32.4 Å². The summed E-state index contributed by atoms with van der Waals surface area (Å²) in [6, 6.07) is 3.34. The second-order valence-corrected chi connectivity index (χ2v) is 6.48. The van der Waals surface area contributed by atoms with E-state index in [0.29, 0.717) is 11.3 Å². The van der Waals surface area contributed by atoms with Crippen LogP contribution in [0.25, 0.3) is 5.70 Å². The summed E-state index contributed by atoms with van der Waals surface area (Å²) in [6.07, 6.45) is 2.49. The molecule has 0 atom stereocenters. The molecule has 1 fully saturated rings. The van der Waals surface area contributed by atoms with E-state index in [1.54, 1.807) is 23.4 Å². The third-order valence-electron chi connectivity index (χ3n) is 4.50. The minimum absolute atomic E-state index is 0.0985. The smallest absolute Gasteiger partial charge is 0.227 e. The SMILES string of the molecule is C/C=N\N1C(N2CCNCC2)=Nc2ccc(Cl)c(F)c2C1=C(C)CC. The average Bonchev–Trinajstić information content (AvgIpc) is 2.64. The van der Waals surface area contributed by atoms with E-state index < -0.39 is 5.82 Å². The largest absolute Gasteiger partial charge is 0.338 e. The van der Waals surface area contributed by atoms with Crippen LogP contribution in [0.2, 0.25) is 5.02 Å². The molecule has 0 radical (unpaired) electrons. The predicted octanol–water partition coefficient (Wildman–Crippen LogP) is 3.83. The molecular formula is C18H23ClFN5. The molecule has 3 rings (SSSR count). The van der Waals surface area contributed by atoms with E-state index in [4.69, 9.17) is 16.6 Å². The number of hydrazone groups is 1. The lowest BCUT2D eigenvalue weighted by atomic mass is 10.0. The maximum absolute atomic E-state index is 14.9. The molecule has 7 heteroatoms. The van der Waals surface area contributed by atoms with E-state index >= 15 is 0 Å². The van der Waals surface area contributed by atoms with Gasteiger partial charge in [-0.25, -0.2) is 14.4 Å². The molecule has 134 valence electrons. The number of allylic oxidation sites excluding steroid dienone is 1. The first-order valence-electron chi connectivity index (χ1n) is 8.59. The summed E-state index contributed by atoms with van der Waals surface area (Å²) < 4.78 is 14.9. The van der Waals surface area contributed by atoms with Crippen molar-refractivity contribution in [3.05, 3.63) is 34.1 Å². The third-order valence-corrected chi connectivity index (χ3v) is 4.79. The van der Waals surface area contributed by atoms with Gasteiger partial charge in [-0.1, -0.05) is 18.5 Å². The van der Waals surface area contributed by atoms with Crippen LogP contribution in [0.1, 0.15) is 32.8 Å². The Morgan fingerprint density at radius 1 is 1.40 bits per heavy atom. The van der Waals surface area contributed by atoms with Gasteiger partial charge in [-0.15, -0.1) is 0 Å². The Bertz CT molecular complexity index is 750. The van der Waals surface area contributed by atoms with E-state index in [-0.39, 0.29) is 5.02 Å². The molecule has 2 aliphatic rings.